The molecule has 7 nitrogen and oxygen atoms in total. The molecule has 7 heteroatoms. The maximum atomic E-state index is 13.9. The Labute approximate surface area is 238 Å². The molecule has 4 rings (SSSR count). The third-order valence-electron chi connectivity index (χ3n) is 7.44. The van der Waals surface area contributed by atoms with E-state index < -0.39 is 0 Å². The first-order valence-corrected chi connectivity index (χ1v) is 14.3. The van der Waals surface area contributed by atoms with Gasteiger partial charge in [0.05, 0.1) is 18.0 Å². The lowest BCUT2D eigenvalue weighted by atomic mass is 10.0. The second-order valence-corrected chi connectivity index (χ2v) is 10.6. The van der Waals surface area contributed by atoms with Crippen LogP contribution in [-0.4, -0.2) is 63.1 Å². The van der Waals surface area contributed by atoms with Gasteiger partial charge in [-0.15, -0.1) is 0 Å². The Balaban J connectivity index is 1.63. The van der Waals surface area contributed by atoms with E-state index in [2.05, 4.69) is 31.1 Å². The number of anilines is 3. The molecule has 1 heterocycles. The summed E-state index contributed by atoms with van der Waals surface area (Å²) in [5.41, 5.74) is 5.18. The zero-order valence-electron chi connectivity index (χ0n) is 24.4. The Morgan fingerprint density at radius 3 is 2.50 bits per heavy atom. The largest absolute Gasteiger partial charge is 0.493 e. The van der Waals surface area contributed by atoms with E-state index in [0.717, 1.165) is 60.5 Å². The smallest absolute Gasteiger partial charge is 0.258 e. The van der Waals surface area contributed by atoms with Crippen molar-refractivity contribution in [2.45, 2.75) is 46.1 Å². The van der Waals surface area contributed by atoms with E-state index in [1.165, 1.54) is 0 Å². The fourth-order valence-corrected chi connectivity index (χ4v) is 5.05. The van der Waals surface area contributed by atoms with E-state index in [1.54, 1.807) is 18.9 Å². The Morgan fingerprint density at radius 2 is 1.77 bits per heavy atom. The van der Waals surface area contributed by atoms with Gasteiger partial charge in [-0.2, -0.15) is 0 Å². The number of fused-ring (bicyclic) bond motifs is 1. The second-order valence-electron chi connectivity index (χ2n) is 10.6. The van der Waals surface area contributed by atoms with Crippen LogP contribution in [0.3, 0.4) is 0 Å². The molecule has 0 radical (unpaired) electrons. The van der Waals surface area contributed by atoms with Crippen LogP contribution >= 0.6 is 0 Å². The van der Waals surface area contributed by atoms with Crippen molar-refractivity contribution in [3.8, 4) is 16.9 Å². The van der Waals surface area contributed by atoms with Crippen LogP contribution < -0.4 is 19.9 Å². The van der Waals surface area contributed by atoms with Gasteiger partial charge < -0.3 is 24.8 Å². The normalized spacial score (nSPS) is 14.8. The minimum atomic E-state index is -0.0409. The third-order valence-corrected chi connectivity index (χ3v) is 7.44. The zero-order chi connectivity index (χ0) is 28.6. The number of hydrogen-bond donors (Lipinski definition) is 1. The van der Waals surface area contributed by atoms with E-state index >= 15 is 0 Å². The molecule has 0 bridgehead atoms. The van der Waals surface area contributed by atoms with Crippen LogP contribution in [0.25, 0.3) is 11.1 Å². The molecular formula is C33H42N4O3. The molecule has 1 aliphatic heterocycles. The van der Waals surface area contributed by atoms with Gasteiger partial charge >= 0.3 is 0 Å². The summed E-state index contributed by atoms with van der Waals surface area (Å²) >= 11 is 0. The Bertz CT molecular complexity index is 1310. The number of benzene rings is 3. The van der Waals surface area contributed by atoms with Crippen LogP contribution in [0.2, 0.25) is 0 Å². The number of amides is 2. The highest BCUT2D eigenvalue weighted by atomic mass is 16.5. The average molecular weight is 543 g/mol. The highest BCUT2D eigenvalue weighted by Gasteiger charge is 2.25. The molecule has 1 N–H and O–H groups in total. The Kier molecular flexibility index (Phi) is 9.83. The molecular weight excluding hydrogens is 500 g/mol. The number of para-hydroxylation sites is 2. The van der Waals surface area contributed by atoms with Crippen LogP contribution in [0.5, 0.6) is 5.75 Å². The molecule has 0 spiro atoms. The maximum absolute atomic E-state index is 13.9. The first kappa shape index (κ1) is 29.2. The van der Waals surface area contributed by atoms with Crippen LogP contribution in [0.4, 0.5) is 17.1 Å². The molecule has 0 saturated carbocycles. The molecule has 0 aliphatic carbocycles. The first-order valence-electron chi connectivity index (χ1n) is 14.3. The lowest BCUT2D eigenvalue weighted by Gasteiger charge is -2.23. The summed E-state index contributed by atoms with van der Waals surface area (Å²) in [5.74, 6) is 0.625. The van der Waals surface area contributed by atoms with Gasteiger partial charge in [0, 0.05) is 49.9 Å². The number of rotatable bonds is 10. The summed E-state index contributed by atoms with van der Waals surface area (Å²) in [6.07, 6.45) is 2.86. The fourth-order valence-electron chi connectivity index (χ4n) is 5.05. The van der Waals surface area contributed by atoms with Gasteiger partial charge in [-0.1, -0.05) is 31.2 Å². The van der Waals surface area contributed by atoms with E-state index in [0.29, 0.717) is 24.5 Å². The van der Waals surface area contributed by atoms with Crippen LogP contribution in [0, 0.1) is 0 Å². The summed E-state index contributed by atoms with van der Waals surface area (Å²) in [7, 11) is 3.89. The van der Waals surface area contributed by atoms with E-state index in [1.807, 2.05) is 71.6 Å². The van der Waals surface area contributed by atoms with Gasteiger partial charge in [0.15, 0.2) is 0 Å². The monoisotopic (exact) mass is 542 g/mol. The molecule has 1 aliphatic rings. The standard InChI is InChI=1S/C33H42N4O3/c1-6-19-35(4)20-9-22-40-32-23-27(14-17-29(32)26-12-15-28(16-13-26)36(5)25(3)38)33(39)37-21-18-24(2)34-30-10-7-8-11-31(30)37/h7-8,10-17,23-24,34H,6,9,18-22H2,1-5H3/t24-/m0/s1. The van der Waals surface area contributed by atoms with Gasteiger partial charge in [0.1, 0.15) is 5.75 Å². The van der Waals surface area contributed by atoms with Crippen molar-refractivity contribution in [2.75, 3.05) is 55.5 Å². The Hall–Kier alpha value is -3.84. The minimum absolute atomic E-state index is 0.0210. The average Bonchev–Trinajstić information content (AvgIpc) is 3.12. The number of carbonyl (C=O) groups excluding carboxylic acids is 2. The SMILES string of the molecule is CCCN(C)CCCOc1cc(C(=O)N2CC[C@H](C)Nc3ccccc32)ccc1-c1ccc(N(C)C(C)=O)cc1. The third kappa shape index (κ3) is 7.02. The quantitative estimate of drug-likeness (QED) is 0.305. The Morgan fingerprint density at radius 1 is 1.02 bits per heavy atom. The predicted octanol–water partition coefficient (Wildman–Crippen LogP) is 6.30. The van der Waals surface area contributed by atoms with Crippen molar-refractivity contribution in [2.24, 2.45) is 0 Å². The van der Waals surface area contributed by atoms with Gasteiger partial charge in [0.25, 0.3) is 5.91 Å². The molecule has 0 saturated heterocycles. The van der Waals surface area contributed by atoms with Gasteiger partial charge in [-0.3, -0.25) is 9.59 Å². The van der Waals surface area contributed by atoms with Crippen molar-refractivity contribution in [3.05, 3.63) is 72.3 Å². The summed E-state index contributed by atoms with van der Waals surface area (Å²) in [6.45, 7) is 9.07. The number of carbonyl (C=O) groups is 2. The number of nitrogens with zero attached hydrogens (tertiary/aromatic N) is 3. The molecule has 0 fully saturated rings. The molecule has 0 unspecified atom stereocenters. The van der Waals surface area contributed by atoms with Crippen LogP contribution in [0.1, 0.15) is 50.4 Å². The summed E-state index contributed by atoms with van der Waals surface area (Å²) in [4.78, 5) is 31.5. The van der Waals surface area contributed by atoms with E-state index in [4.69, 9.17) is 4.74 Å². The molecule has 1 atom stereocenters. The molecule has 212 valence electrons. The highest BCUT2D eigenvalue weighted by molar-refractivity contribution is 6.08. The molecule has 2 amide bonds. The van der Waals surface area contributed by atoms with E-state index in [9.17, 15) is 9.59 Å². The lowest BCUT2D eigenvalue weighted by Crippen LogP contribution is -2.32. The van der Waals surface area contributed by atoms with E-state index in [-0.39, 0.29) is 17.9 Å². The van der Waals surface area contributed by atoms with Crippen molar-refractivity contribution >= 4 is 28.9 Å². The van der Waals surface area contributed by atoms with Crippen molar-refractivity contribution < 1.29 is 14.3 Å². The minimum Gasteiger partial charge on any atom is -0.493 e. The predicted molar refractivity (Wildman–Crippen MR) is 165 cm³/mol. The topological polar surface area (TPSA) is 65.1 Å². The maximum Gasteiger partial charge on any atom is 0.258 e. The summed E-state index contributed by atoms with van der Waals surface area (Å²) < 4.78 is 6.35. The summed E-state index contributed by atoms with van der Waals surface area (Å²) in [5, 5.41) is 3.53. The number of hydrogen-bond acceptors (Lipinski definition) is 5. The molecule has 0 aromatic heterocycles. The molecule has 3 aromatic carbocycles. The number of ether oxygens (including phenoxy) is 1. The van der Waals surface area contributed by atoms with Crippen molar-refractivity contribution in [3.63, 3.8) is 0 Å². The number of nitrogens with one attached hydrogen (secondary N) is 1. The van der Waals surface area contributed by atoms with Crippen LogP contribution in [-0.2, 0) is 4.79 Å². The molecule has 40 heavy (non-hydrogen) atoms. The highest BCUT2D eigenvalue weighted by Crippen LogP contribution is 2.35. The molecule has 3 aromatic rings. The van der Waals surface area contributed by atoms with Gasteiger partial charge in [0.2, 0.25) is 5.91 Å². The fraction of sp³-hybridized carbons (Fsp3) is 0.394. The zero-order valence-corrected chi connectivity index (χ0v) is 24.4. The van der Waals surface area contributed by atoms with Gasteiger partial charge in [-0.25, -0.2) is 0 Å². The van der Waals surface area contributed by atoms with Crippen LogP contribution in [0.15, 0.2) is 66.7 Å². The second kappa shape index (κ2) is 13.5. The van der Waals surface area contributed by atoms with Crippen molar-refractivity contribution in [1.82, 2.24) is 4.90 Å². The van der Waals surface area contributed by atoms with Crippen molar-refractivity contribution in [1.29, 1.82) is 0 Å². The summed E-state index contributed by atoms with van der Waals surface area (Å²) in [6, 6.07) is 21.8. The first-order chi connectivity index (χ1) is 19.3. The lowest BCUT2D eigenvalue weighted by molar-refractivity contribution is -0.116. The van der Waals surface area contributed by atoms with Gasteiger partial charge in [-0.05, 0) is 87.8 Å².